The average molecular weight is 435 g/mol. The number of rotatable bonds is 6. The molecular formula is C24H19F2N3O3. The van der Waals surface area contributed by atoms with Gasteiger partial charge in [0, 0.05) is 24.5 Å². The van der Waals surface area contributed by atoms with Gasteiger partial charge in [-0.05, 0) is 54.3 Å². The molecule has 32 heavy (non-hydrogen) atoms. The maximum atomic E-state index is 13.6. The molecule has 2 aromatic heterocycles. The highest BCUT2D eigenvalue weighted by molar-refractivity contribution is 5.96. The standard InChI is InChI=1S/C24H19F2N3O3/c1-14(15-3-5-17(6-4-15)24(30)31-2)29-22-21-16(9-11-27-22)10-12-28-23(21)32-18-7-8-19(25)20(26)13-18/h3-14H,1-2H3,(H,27,29)/t14-/m0/s1. The van der Waals surface area contributed by atoms with E-state index in [1.807, 2.05) is 19.1 Å². The summed E-state index contributed by atoms with van der Waals surface area (Å²) in [5.74, 6) is -1.54. The first-order chi connectivity index (χ1) is 15.5. The second-order valence-electron chi connectivity index (χ2n) is 7.03. The molecular weight excluding hydrogens is 416 g/mol. The number of halogens is 2. The van der Waals surface area contributed by atoms with Gasteiger partial charge in [0.25, 0.3) is 0 Å². The van der Waals surface area contributed by atoms with Crippen molar-refractivity contribution in [1.29, 1.82) is 0 Å². The maximum absolute atomic E-state index is 13.6. The first-order valence-corrected chi connectivity index (χ1v) is 9.77. The average Bonchev–Trinajstić information content (AvgIpc) is 2.81. The van der Waals surface area contributed by atoms with Gasteiger partial charge in [0.2, 0.25) is 5.88 Å². The first-order valence-electron chi connectivity index (χ1n) is 9.77. The number of carbonyl (C=O) groups is 1. The minimum Gasteiger partial charge on any atom is -0.465 e. The van der Waals surface area contributed by atoms with E-state index in [-0.39, 0.29) is 17.7 Å². The molecule has 0 aliphatic heterocycles. The molecule has 8 heteroatoms. The Morgan fingerprint density at radius 3 is 2.38 bits per heavy atom. The Kier molecular flexibility index (Phi) is 5.93. The van der Waals surface area contributed by atoms with Crippen molar-refractivity contribution < 1.29 is 23.0 Å². The lowest BCUT2D eigenvalue weighted by atomic mass is 10.1. The van der Waals surface area contributed by atoms with Crippen LogP contribution in [0.1, 0.15) is 28.9 Å². The molecule has 4 aromatic rings. The summed E-state index contributed by atoms with van der Waals surface area (Å²) >= 11 is 0. The third-order valence-electron chi connectivity index (χ3n) is 4.93. The number of hydrogen-bond acceptors (Lipinski definition) is 6. The SMILES string of the molecule is COC(=O)c1ccc([C@H](C)Nc2nccc3ccnc(Oc4ccc(F)c(F)c4)c23)cc1. The van der Waals surface area contributed by atoms with Gasteiger partial charge in [0.1, 0.15) is 11.6 Å². The molecule has 0 aliphatic carbocycles. The van der Waals surface area contributed by atoms with Crippen LogP contribution in [-0.2, 0) is 4.74 Å². The number of carbonyl (C=O) groups excluding carboxylic acids is 1. The van der Waals surface area contributed by atoms with Crippen LogP contribution < -0.4 is 10.1 Å². The van der Waals surface area contributed by atoms with Crippen LogP contribution in [0.15, 0.2) is 67.0 Å². The smallest absolute Gasteiger partial charge is 0.337 e. The monoisotopic (exact) mass is 435 g/mol. The van der Waals surface area contributed by atoms with Crippen molar-refractivity contribution in [2.45, 2.75) is 13.0 Å². The molecule has 0 radical (unpaired) electrons. The lowest BCUT2D eigenvalue weighted by molar-refractivity contribution is 0.0600. The van der Waals surface area contributed by atoms with Crippen LogP contribution in [-0.4, -0.2) is 23.0 Å². The highest BCUT2D eigenvalue weighted by Gasteiger charge is 2.15. The van der Waals surface area contributed by atoms with Crippen LogP contribution in [0.25, 0.3) is 10.8 Å². The highest BCUT2D eigenvalue weighted by atomic mass is 19.2. The number of ether oxygens (including phenoxy) is 2. The van der Waals surface area contributed by atoms with E-state index in [1.54, 1.807) is 36.7 Å². The normalized spacial score (nSPS) is 11.8. The fraction of sp³-hybridized carbons (Fsp3) is 0.125. The van der Waals surface area contributed by atoms with Gasteiger partial charge in [-0.15, -0.1) is 0 Å². The zero-order valence-electron chi connectivity index (χ0n) is 17.3. The Bertz CT molecular complexity index is 1270. The van der Waals surface area contributed by atoms with Gasteiger partial charge < -0.3 is 14.8 Å². The van der Waals surface area contributed by atoms with Gasteiger partial charge in [-0.3, -0.25) is 0 Å². The summed E-state index contributed by atoms with van der Waals surface area (Å²) in [4.78, 5) is 20.3. The van der Waals surface area contributed by atoms with E-state index in [4.69, 9.17) is 9.47 Å². The van der Waals surface area contributed by atoms with Gasteiger partial charge in [-0.1, -0.05) is 12.1 Å². The van der Waals surface area contributed by atoms with Crippen molar-refractivity contribution in [1.82, 2.24) is 9.97 Å². The summed E-state index contributed by atoms with van der Waals surface area (Å²) in [6.07, 6.45) is 3.22. The van der Waals surface area contributed by atoms with E-state index in [9.17, 15) is 13.6 Å². The molecule has 2 heterocycles. The van der Waals surface area contributed by atoms with E-state index >= 15 is 0 Å². The van der Waals surface area contributed by atoms with Crippen molar-refractivity contribution in [2.24, 2.45) is 0 Å². The van der Waals surface area contributed by atoms with Crippen LogP contribution in [0, 0.1) is 11.6 Å². The predicted molar refractivity (Wildman–Crippen MR) is 116 cm³/mol. The summed E-state index contributed by atoms with van der Waals surface area (Å²) in [7, 11) is 1.33. The van der Waals surface area contributed by atoms with E-state index in [0.29, 0.717) is 16.8 Å². The summed E-state index contributed by atoms with van der Waals surface area (Å²) in [6, 6.07) is 13.7. The van der Waals surface area contributed by atoms with Gasteiger partial charge in [0.15, 0.2) is 11.6 Å². The Hall–Kier alpha value is -4.07. The molecule has 0 aliphatic rings. The molecule has 6 nitrogen and oxygen atoms in total. The van der Waals surface area contributed by atoms with E-state index in [0.717, 1.165) is 23.1 Å². The lowest BCUT2D eigenvalue weighted by Gasteiger charge is -2.18. The minimum absolute atomic E-state index is 0.116. The van der Waals surface area contributed by atoms with E-state index in [1.165, 1.54) is 13.2 Å². The maximum Gasteiger partial charge on any atom is 0.337 e. The number of nitrogens with one attached hydrogen (secondary N) is 1. The molecule has 0 bridgehead atoms. The number of pyridine rings is 2. The number of anilines is 1. The fourth-order valence-corrected chi connectivity index (χ4v) is 3.24. The number of esters is 1. The van der Waals surface area contributed by atoms with Crippen molar-refractivity contribution in [3.8, 4) is 11.6 Å². The Balaban J connectivity index is 1.65. The third kappa shape index (κ3) is 4.34. The Labute approximate surface area is 182 Å². The van der Waals surface area contributed by atoms with Gasteiger partial charge in [0.05, 0.1) is 18.1 Å². The number of methoxy groups -OCH3 is 1. The number of hydrogen-bond donors (Lipinski definition) is 1. The van der Waals surface area contributed by atoms with Crippen molar-refractivity contribution in [2.75, 3.05) is 12.4 Å². The largest absolute Gasteiger partial charge is 0.465 e. The third-order valence-corrected chi connectivity index (χ3v) is 4.93. The quantitative estimate of drug-likeness (QED) is 0.394. The van der Waals surface area contributed by atoms with Gasteiger partial charge in [-0.25, -0.2) is 23.5 Å². The summed E-state index contributed by atoms with van der Waals surface area (Å²) in [5, 5.41) is 4.73. The fourth-order valence-electron chi connectivity index (χ4n) is 3.24. The highest BCUT2D eigenvalue weighted by Crippen LogP contribution is 2.34. The lowest BCUT2D eigenvalue weighted by Crippen LogP contribution is -2.09. The van der Waals surface area contributed by atoms with E-state index < -0.39 is 17.6 Å². The van der Waals surface area contributed by atoms with Crippen LogP contribution in [0.2, 0.25) is 0 Å². The second-order valence-corrected chi connectivity index (χ2v) is 7.03. The molecule has 0 amide bonds. The molecule has 0 unspecified atom stereocenters. The molecule has 0 saturated carbocycles. The van der Waals surface area contributed by atoms with Crippen molar-refractivity contribution in [3.05, 3.63) is 89.8 Å². The Morgan fingerprint density at radius 2 is 1.69 bits per heavy atom. The number of aromatic nitrogens is 2. The topological polar surface area (TPSA) is 73.3 Å². The zero-order chi connectivity index (χ0) is 22.7. The molecule has 0 fully saturated rings. The second kappa shape index (κ2) is 8.97. The van der Waals surface area contributed by atoms with Gasteiger partial charge in [-0.2, -0.15) is 0 Å². The van der Waals surface area contributed by atoms with Gasteiger partial charge >= 0.3 is 5.97 Å². The first kappa shape index (κ1) is 21.2. The summed E-state index contributed by atoms with van der Waals surface area (Å²) in [5.41, 5.74) is 1.38. The number of benzene rings is 2. The van der Waals surface area contributed by atoms with Crippen LogP contribution in [0.5, 0.6) is 11.6 Å². The Morgan fingerprint density at radius 1 is 0.969 bits per heavy atom. The summed E-state index contributed by atoms with van der Waals surface area (Å²) in [6.45, 7) is 1.94. The van der Waals surface area contributed by atoms with E-state index in [2.05, 4.69) is 15.3 Å². The molecule has 1 N–H and O–H groups in total. The van der Waals surface area contributed by atoms with Crippen LogP contribution >= 0.6 is 0 Å². The minimum atomic E-state index is -1.01. The zero-order valence-corrected chi connectivity index (χ0v) is 17.3. The molecule has 1 atom stereocenters. The molecule has 2 aromatic carbocycles. The molecule has 0 spiro atoms. The van der Waals surface area contributed by atoms with Crippen molar-refractivity contribution in [3.63, 3.8) is 0 Å². The molecule has 0 saturated heterocycles. The summed E-state index contributed by atoms with van der Waals surface area (Å²) < 4.78 is 37.4. The van der Waals surface area contributed by atoms with Crippen molar-refractivity contribution >= 4 is 22.6 Å². The molecule has 162 valence electrons. The number of fused-ring (bicyclic) bond motifs is 1. The molecule has 4 rings (SSSR count). The predicted octanol–water partition coefficient (Wildman–Crippen LogP) is 5.66. The number of nitrogens with zero attached hydrogens (tertiary/aromatic N) is 2. The van der Waals surface area contributed by atoms with Crippen LogP contribution in [0.4, 0.5) is 14.6 Å². The van der Waals surface area contributed by atoms with Crippen LogP contribution in [0.3, 0.4) is 0 Å².